The summed E-state index contributed by atoms with van der Waals surface area (Å²) in [5.41, 5.74) is 0. The van der Waals surface area contributed by atoms with Crippen molar-refractivity contribution < 1.29 is 9.53 Å². The molecule has 0 aromatic heterocycles. The first-order valence-corrected chi connectivity index (χ1v) is 6.44. The van der Waals surface area contributed by atoms with Gasteiger partial charge in [-0.2, -0.15) is 0 Å². The van der Waals surface area contributed by atoms with Crippen LogP contribution in [0.5, 0.6) is 0 Å². The smallest absolute Gasteiger partial charge is 0.132 e. The lowest BCUT2D eigenvalue weighted by molar-refractivity contribution is -0.118. The van der Waals surface area contributed by atoms with Crippen LogP contribution in [-0.2, 0) is 9.53 Å². The fourth-order valence-electron chi connectivity index (χ4n) is 2.32. The van der Waals surface area contributed by atoms with E-state index in [1.54, 1.807) is 6.92 Å². The second kappa shape index (κ2) is 7.02. The Morgan fingerprint density at radius 3 is 2.81 bits per heavy atom. The molecule has 0 aromatic rings. The van der Waals surface area contributed by atoms with Gasteiger partial charge in [-0.15, -0.1) is 0 Å². The molecule has 1 rings (SSSR count). The van der Waals surface area contributed by atoms with Gasteiger partial charge >= 0.3 is 0 Å². The summed E-state index contributed by atoms with van der Waals surface area (Å²) in [5, 5.41) is 0. The number of ether oxygens (including phenoxy) is 1. The lowest BCUT2D eigenvalue weighted by Crippen LogP contribution is -2.46. The van der Waals surface area contributed by atoms with Gasteiger partial charge in [0.2, 0.25) is 0 Å². The predicted molar refractivity (Wildman–Crippen MR) is 65.6 cm³/mol. The summed E-state index contributed by atoms with van der Waals surface area (Å²) in [6.45, 7) is 8.66. The first kappa shape index (κ1) is 13.7. The summed E-state index contributed by atoms with van der Waals surface area (Å²) >= 11 is 0. The van der Waals surface area contributed by atoms with Crippen molar-refractivity contribution in [2.24, 2.45) is 0 Å². The van der Waals surface area contributed by atoms with Gasteiger partial charge < -0.3 is 4.74 Å². The van der Waals surface area contributed by atoms with Crippen LogP contribution < -0.4 is 0 Å². The molecule has 1 heterocycles. The van der Waals surface area contributed by atoms with E-state index in [1.165, 1.54) is 25.8 Å². The second-order valence-corrected chi connectivity index (χ2v) is 5.01. The Hall–Kier alpha value is -0.410. The molecule has 16 heavy (non-hydrogen) atoms. The monoisotopic (exact) mass is 227 g/mol. The summed E-state index contributed by atoms with van der Waals surface area (Å²) in [4.78, 5) is 13.3. The number of carbonyl (C=O) groups is 1. The van der Waals surface area contributed by atoms with E-state index in [-0.39, 0.29) is 5.78 Å². The van der Waals surface area contributed by atoms with Gasteiger partial charge in [-0.05, 0) is 40.2 Å². The fraction of sp³-hybridized carbons (Fsp3) is 0.923. The molecule has 0 spiro atoms. The molecular weight excluding hydrogens is 202 g/mol. The number of likely N-dealkylation sites (tertiary alicyclic amines) is 1. The molecule has 1 aliphatic heterocycles. The van der Waals surface area contributed by atoms with Crippen molar-refractivity contribution in [1.29, 1.82) is 0 Å². The van der Waals surface area contributed by atoms with Gasteiger partial charge in [0, 0.05) is 18.5 Å². The van der Waals surface area contributed by atoms with Crippen LogP contribution in [0.15, 0.2) is 0 Å². The maximum atomic E-state index is 10.8. The maximum Gasteiger partial charge on any atom is 0.132 e. The highest BCUT2D eigenvalue weighted by atomic mass is 16.5. The van der Waals surface area contributed by atoms with Crippen LogP contribution in [0.4, 0.5) is 0 Å². The van der Waals surface area contributed by atoms with E-state index in [9.17, 15) is 4.79 Å². The SMILES string of the molecule is CC(=O)CCOC[C@@H]1CCCCN1C(C)C. The highest BCUT2D eigenvalue weighted by Gasteiger charge is 2.24. The molecular formula is C13H25NO2. The van der Waals surface area contributed by atoms with Gasteiger partial charge in [0.15, 0.2) is 0 Å². The van der Waals surface area contributed by atoms with Crippen LogP contribution in [0.2, 0.25) is 0 Å². The summed E-state index contributed by atoms with van der Waals surface area (Å²) in [7, 11) is 0. The van der Waals surface area contributed by atoms with Crippen LogP contribution in [-0.4, -0.2) is 42.5 Å². The molecule has 94 valence electrons. The first-order valence-electron chi connectivity index (χ1n) is 6.44. The minimum atomic E-state index is 0.212. The molecule has 0 aromatic carbocycles. The molecule has 0 aliphatic carbocycles. The van der Waals surface area contributed by atoms with Crippen molar-refractivity contribution in [3.63, 3.8) is 0 Å². The van der Waals surface area contributed by atoms with Crippen molar-refractivity contribution >= 4 is 5.78 Å². The van der Waals surface area contributed by atoms with Gasteiger partial charge in [-0.25, -0.2) is 0 Å². The van der Waals surface area contributed by atoms with Crippen LogP contribution in [0.3, 0.4) is 0 Å². The lowest BCUT2D eigenvalue weighted by Gasteiger charge is -2.38. The van der Waals surface area contributed by atoms with Gasteiger partial charge in [0.1, 0.15) is 5.78 Å². The number of carbonyl (C=O) groups excluding carboxylic acids is 1. The maximum absolute atomic E-state index is 10.8. The molecule has 3 heteroatoms. The number of ketones is 1. The third-order valence-corrected chi connectivity index (χ3v) is 3.24. The Labute approximate surface area is 99.1 Å². The number of nitrogens with zero attached hydrogens (tertiary/aromatic N) is 1. The van der Waals surface area contributed by atoms with Gasteiger partial charge in [-0.3, -0.25) is 9.69 Å². The normalized spacial score (nSPS) is 22.6. The van der Waals surface area contributed by atoms with Crippen molar-refractivity contribution in [3.05, 3.63) is 0 Å². The zero-order valence-electron chi connectivity index (χ0n) is 10.9. The van der Waals surface area contributed by atoms with E-state index < -0.39 is 0 Å². The van der Waals surface area contributed by atoms with E-state index in [0.29, 0.717) is 25.1 Å². The fourth-order valence-corrected chi connectivity index (χ4v) is 2.32. The standard InChI is InChI=1S/C13H25NO2/c1-11(2)14-8-5-4-6-13(14)10-16-9-7-12(3)15/h11,13H,4-10H2,1-3H3/t13-/m0/s1. The van der Waals surface area contributed by atoms with Crippen molar-refractivity contribution in [3.8, 4) is 0 Å². The third-order valence-electron chi connectivity index (χ3n) is 3.24. The molecule has 1 saturated heterocycles. The quantitative estimate of drug-likeness (QED) is 0.652. The summed E-state index contributed by atoms with van der Waals surface area (Å²) in [5.74, 6) is 0.212. The van der Waals surface area contributed by atoms with E-state index in [2.05, 4.69) is 18.7 Å². The number of hydrogen-bond donors (Lipinski definition) is 0. The zero-order chi connectivity index (χ0) is 12.0. The lowest BCUT2D eigenvalue weighted by atomic mass is 10.0. The molecule has 1 atom stereocenters. The van der Waals surface area contributed by atoms with Gasteiger partial charge in [0.25, 0.3) is 0 Å². The van der Waals surface area contributed by atoms with Crippen LogP contribution >= 0.6 is 0 Å². The Morgan fingerprint density at radius 1 is 1.44 bits per heavy atom. The number of hydrogen-bond acceptors (Lipinski definition) is 3. The first-order chi connectivity index (χ1) is 7.61. The minimum Gasteiger partial charge on any atom is -0.379 e. The van der Waals surface area contributed by atoms with Crippen LogP contribution in [0.25, 0.3) is 0 Å². The molecule has 0 saturated carbocycles. The molecule has 1 aliphatic rings. The number of piperidine rings is 1. The number of rotatable bonds is 6. The van der Waals surface area contributed by atoms with E-state index in [0.717, 1.165) is 6.61 Å². The second-order valence-electron chi connectivity index (χ2n) is 5.01. The molecule has 1 fully saturated rings. The highest BCUT2D eigenvalue weighted by Crippen LogP contribution is 2.19. The average molecular weight is 227 g/mol. The summed E-state index contributed by atoms with van der Waals surface area (Å²) in [6, 6.07) is 1.16. The summed E-state index contributed by atoms with van der Waals surface area (Å²) in [6.07, 6.45) is 4.40. The molecule has 0 N–H and O–H groups in total. The average Bonchev–Trinajstić information content (AvgIpc) is 2.24. The molecule has 0 amide bonds. The largest absolute Gasteiger partial charge is 0.379 e. The van der Waals surface area contributed by atoms with Crippen molar-refractivity contribution in [1.82, 2.24) is 4.90 Å². The Kier molecular flexibility index (Phi) is 5.99. The van der Waals surface area contributed by atoms with E-state index in [1.807, 2.05) is 0 Å². The Bertz CT molecular complexity index is 216. The third kappa shape index (κ3) is 4.62. The Balaban J connectivity index is 2.24. The predicted octanol–water partition coefficient (Wildman–Crippen LogP) is 2.25. The van der Waals surface area contributed by atoms with Crippen LogP contribution in [0, 0.1) is 0 Å². The van der Waals surface area contributed by atoms with Crippen LogP contribution in [0.1, 0.15) is 46.5 Å². The topological polar surface area (TPSA) is 29.5 Å². The van der Waals surface area contributed by atoms with Crippen molar-refractivity contribution in [2.75, 3.05) is 19.8 Å². The van der Waals surface area contributed by atoms with Gasteiger partial charge in [0.05, 0.1) is 13.2 Å². The van der Waals surface area contributed by atoms with E-state index >= 15 is 0 Å². The summed E-state index contributed by atoms with van der Waals surface area (Å²) < 4.78 is 5.60. The molecule has 0 unspecified atom stereocenters. The molecule has 3 nitrogen and oxygen atoms in total. The number of Topliss-reactive ketones (excluding diaryl/α,β-unsaturated/α-hetero) is 1. The molecule has 0 bridgehead atoms. The van der Waals surface area contributed by atoms with Gasteiger partial charge in [-0.1, -0.05) is 6.42 Å². The minimum absolute atomic E-state index is 0.212. The highest BCUT2D eigenvalue weighted by molar-refractivity contribution is 5.75. The Morgan fingerprint density at radius 2 is 2.19 bits per heavy atom. The van der Waals surface area contributed by atoms with E-state index in [4.69, 9.17) is 4.74 Å². The van der Waals surface area contributed by atoms with Crippen molar-refractivity contribution in [2.45, 2.75) is 58.5 Å². The molecule has 0 radical (unpaired) electrons. The zero-order valence-corrected chi connectivity index (χ0v) is 10.9.